The maximum atomic E-state index is 12.5. The van der Waals surface area contributed by atoms with Crippen LogP contribution >= 0.6 is 11.6 Å². The molecule has 1 aromatic carbocycles. The van der Waals surface area contributed by atoms with Gasteiger partial charge in [0, 0.05) is 29.1 Å². The van der Waals surface area contributed by atoms with Gasteiger partial charge in [0.05, 0.1) is 12.6 Å². The van der Waals surface area contributed by atoms with Gasteiger partial charge in [0.2, 0.25) is 5.78 Å². The number of carbonyl (C=O) groups is 2. The van der Waals surface area contributed by atoms with Crippen molar-refractivity contribution in [3.8, 4) is 5.75 Å². The third-order valence-electron chi connectivity index (χ3n) is 4.48. The number of carbonyl (C=O) groups excluding carboxylic acids is 2. The topological polar surface area (TPSA) is 66.8 Å². The third kappa shape index (κ3) is 5.36. The molecule has 0 saturated carbocycles. The molecule has 0 amide bonds. The Morgan fingerprint density at radius 2 is 1.86 bits per heavy atom. The number of rotatable bonds is 9. The second-order valence-electron chi connectivity index (χ2n) is 6.74. The predicted octanol–water partition coefficient (Wildman–Crippen LogP) is 4.08. The maximum Gasteiger partial charge on any atom is 0.344 e. The molecule has 7 heteroatoms. The van der Waals surface area contributed by atoms with Crippen molar-refractivity contribution in [2.24, 2.45) is 0 Å². The lowest BCUT2D eigenvalue weighted by Gasteiger charge is -2.17. The average molecular weight is 408 g/mol. The highest BCUT2D eigenvalue weighted by Gasteiger charge is 2.20. The van der Waals surface area contributed by atoms with Crippen LogP contribution in [0.15, 0.2) is 24.3 Å². The molecule has 0 aliphatic rings. The van der Waals surface area contributed by atoms with Crippen molar-refractivity contribution in [2.45, 2.75) is 33.7 Å². The summed E-state index contributed by atoms with van der Waals surface area (Å²) in [5.41, 5.74) is 3.18. The highest BCUT2D eigenvalue weighted by atomic mass is 35.5. The molecule has 1 atom stereocenters. The lowest BCUT2D eigenvalue weighted by atomic mass is 10.1. The Morgan fingerprint density at radius 1 is 1.14 bits per heavy atom. The van der Waals surface area contributed by atoms with E-state index < -0.39 is 5.97 Å². The van der Waals surface area contributed by atoms with Crippen LogP contribution in [0.1, 0.15) is 40.3 Å². The molecule has 2 aromatic rings. The van der Waals surface area contributed by atoms with E-state index in [1.807, 2.05) is 38.3 Å². The Hall–Kier alpha value is -2.31. The van der Waals surface area contributed by atoms with Gasteiger partial charge in [-0.25, -0.2) is 4.79 Å². The van der Waals surface area contributed by atoms with Gasteiger partial charge in [-0.3, -0.25) is 4.79 Å². The molecule has 0 unspecified atom stereocenters. The molecule has 28 heavy (non-hydrogen) atoms. The minimum atomic E-state index is -0.609. The quantitative estimate of drug-likeness (QED) is 0.463. The predicted molar refractivity (Wildman–Crippen MR) is 107 cm³/mol. The van der Waals surface area contributed by atoms with E-state index in [-0.39, 0.29) is 25.0 Å². The van der Waals surface area contributed by atoms with E-state index in [4.69, 9.17) is 25.8 Å². The Labute approximate surface area is 170 Å². The summed E-state index contributed by atoms with van der Waals surface area (Å²) in [4.78, 5) is 24.4. The number of benzene rings is 1. The molecule has 0 saturated heterocycles. The van der Waals surface area contributed by atoms with Crippen molar-refractivity contribution in [3.63, 3.8) is 0 Å². The highest BCUT2D eigenvalue weighted by Crippen LogP contribution is 2.22. The molecule has 0 aliphatic carbocycles. The van der Waals surface area contributed by atoms with Gasteiger partial charge in [0.15, 0.2) is 13.2 Å². The van der Waals surface area contributed by atoms with Crippen LogP contribution in [0.5, 0.6) is 5.75 Å². The van der Waals surface area contributed by atoms with E-state index in [0.717, 1.165) is 17.0 Å². The number of esters is 1. The number of aryl methyl sites for hydroxylation is 2. The Bertz CT molecular complexity index is 859. The molecular weight excluding hydrogens is 382 g/mol. The lowest BCUT2D eigenvalue weighted by molar-refractivity contribution is -0.144. The summed E-state index contributed by atoms with van der Waals surface area (Å²) >= 11 is 5.96. The fourth-order valence-corrected chi connectivity index (χ4v) is 3.29. The molecule has 6 nitrogen and oxygen atoms in total. The largest absolute Gasteiger partial charge is 0.482 e. The van der Waals surface area contributed by atoms with Gasteiger partial charge in [-0.1, -0.05) is 11.6 Å². The van der Waals surface area contributed by atoms with Crippen LogP contribution in [0.3, 0.4) is 0 Å². The zero-order valence-electron chi connectivity index (χ0n) is 16.9. The van der Waals surface area contributed by atoms with Crippen molar-refractivity contribution in [1.29, 1.82) is 0 Å². The van der Waals surface area contributed by atoms with Gasteiger partial charge >= 0.3 is 5.97 Å². The minimum absolute atomic E-state index is 0.102. The lowest BCUT2D eigenvalue weighted by Crippen LogP contribution is -2.20. The summed E-state index contributed by atoms with van der Waals surface area (Å²) in [5.74, 6) is -0.344. The summed E-state index contributed by atoms with van der Waals surface area (Å²) < 4.78 is 17.7. The summed E-state index contributed by atoms with van der Waals surface area (Å²) in [7, 11) is 1.64. The number of ether oxygens (including phenoxy) is 3. The smallest absolute Gasteiger partial charge is 0.344 e. The Balaban J connectivity index is 1.92. The van der Waals surface area contributed by atoms with Crippen LogP contribution < -0.4 is 4.74 Å². The number of ketones is 1. The number of nitrogens with zero attached hydrogens (tertiary/aromatic N) is 1. The molecule has 0 aliphatic heterocycles. The molecular formula is C21H26ClNO5. The molecule has 0 radical (unpaired) electrons. The Kier molecular flexibility index (Phi) is 7.66. The van der Waals surface area contributed by atoms with Crippen molar-refractivity contribution >= 4 is 23.4 Å². The zero-order chi connectivity index (χ0) is 20.8. The summed E-state index contributed by atoms with van der Waals surface area (Å²) in [5, 5.41) is 0.623. The van der Waals surface area contributed by atoms with Crippen LogP contribution in [0.25, 0.3) is 0 Å². The number of methoxy groups -OCH3 is 1. The average Bonchev–Trinajstić information content (AvgIpc) is 2.95. The number of hydrogen-bond acceptors (Lipinski definition) is 5. The molecule has 0 fully saturated rings. The van der Waals surface area contributed by atoms with Gasteiger partial charge < -0.3 is 18.8 Å². The summed E-state index contributed by atoms with van der Waals surface area (Å²) in [6.07, 6.45) is 0. The first kappa shape index (κ1) is 22.0. The van der Waals surface area contributed by atoms with E-state index in [9.17, 15) is 9.59 Å². The van der Waals surface area contributed by atoms with Crippen molar-refractivity contribution in [1.82, 2.24) is 4.57 Å². The van der Waals surface area contributed by atoms with Crippen LogP contribution in [0.4, 0.5) is 0 Å². The first-order chi connectivity index (χ1) is 13.2. The maximum absolute atomic E-state index is 12.5. The van der Waals surface area contributed by atoms with Crippen LogP contribution in [-0.4, -0.2) is 43.3 Å². The second-order valence-corrected chi connectivity index (χ2v) is 7.15. The second kappa shape index (κ2) is 9.75. The minimum Gasteiger partial charge on any atom is -0.482 e. The van der Waals surface area contributed by atoms with Crippen LogP contribution in [0.2, 0.25) is 5.02 Å². The third-order valence-corrected chi connectivity index (χ3v) is 4.91. The fraction of sp³-hybridized carbons (Fsp3) is 0.429. The highest BCUT2D eigenvalue weighted by molar-refractivity contribution is 6.31. The number of Topliss-reactive ketones (excluding diaryl/α,β-unsaturated/α-hetero) is 1. The molecule has 1 aromatic heterocycles. The molecule has 0 N–H and O–H groups in total. The van der Waals surface area contributed by atoms with E-state index in [1.165, 1.54) is 0 Å². The van der Waals surface area contributed by atoms with E-state index in [2.05, 4.69) is 0 Å². The van der Waals surface area contributed by atoms with E-state index in [0.29, 0.717) is 22.9 Å². The molecule has 152 valence electrons. The normalized spacial score (nSPS) is 11.9. The zero-order valence-corrected chi connectivity index (χ0v) is 17.6. The number of hydrogen-bond donors (Lipinski definition) is 0. The Morgan fingerprint density at radius 3 is 2.50 bits per heavy atom. The van der Waals surface area contributed by atoms with Crippen LogP contribution in [0, 0.1) is 20.8 Å². The summed E-state index contributed by atoms with van der Waals surface area (Å²) in [6.45, 7) is 7.61. The van der Waals surface area contributed by atoms with Gasteiger partial charge in [-0.05, 0) is 57.5 Å². The fourth-order valence-electron chi connectivity index (χ4n) is 3.17. The van der Waals surface area contributed by atoms with E-state index >= 15 is 0 Å². The van der Waals surface area contributed by atoms with Gasteiger partial charge in [0.1, 0.15) is 5.75 Å². The molecule has 2 rings (SSSR count). The van der Waals surface area contributed by atoms with Crippen molar-refractivity contribution < 1.29 is 23.8 Å². The first-order valence-electron chi connectivity index (χ1n) is 8.99. The van der Waals surface area contributed by atoms with Crippen LogP contribution in [-0.2, 0) is 14.3 Å². The summed E-state index contributed by atoms with van der Waals surface area (Å²) in [6, 6.07) is 7.01. The van der Waals surface area contributed by atoms with E-state index in [1.54, 1.807) is 25.3 Å². The number of aromatic nitrogens is 1. The molecule has 0 spiro atoms. The van der Waals surface area contributed by atoms with Gasteiger partial charge in [-0.2, -0.15) is 0 Å². The number of halogens is 1. The van der Waals surface area contributed by atoms with Crippen molar-refractivity contribution in [3.05, 3.63) is 51.8 Å². The monoisotopic (exact) mass is 407 g/mol. The first-order valence-corrected chi connectivity index (χ1v) is 9.37. The molecule has 1 heterocycles. The molecule has 0 bridgehead atoms. The SMILES string of the molecule is COC[C@@H](C)n1c(C)cc(C(=O)COC(=O)COc2ccc(Cl)c(C)c2)c1C. The van der Waals surface area contributed by atoms with Crippen molar-refractivity contribution in [2.75, 3.05) is 26.9 Å². The standard InChI is InChI=1S/C21H26ClNO5/c1-13-8-17(6-7-19(13)22)27-12-21(25)28-11-20(24)18-9-14(2)23(16(18)4)15(3)10-26-5/h6-9,15H,10-12H2,1-5H3/t15-/m1/s1. The van der Waals surface area contributed by atoms with Gasteiger partial charge in [-0.15, -0.1) is 0 Å². The van der Waals surface area contributed by atoms with Gasteiger partial charge in [0.25, 0.3) is 0 Å².